The molecule has 2 atom stereocenters. The van der Waals surface area contributed by atoms with Gasteiger partial charge in [-0.2, -0.15) is 0 Å². The number of aliphatic hydroxyl groups excluding tert-OH is 1. The van der Waals surface area contributed by atoms with Crippen molar-refractivity contribution in [2.75, 3.05) is 20.3 Å². The average molecular weight is 337 g/mol. The molecule has 0 spiro atoms. The molecule has 2 N–H and O–H groups in total. The molecule has 6 nitrogen and oxygen atoms in total. The molecular weight excluding hydrogens is 310 g/mol. The number of methoxy groups -OCH3 is 1. The third kappa shape index (κ3) is 5.87. The predicted molar refractivity (Wildman–Crippen MR) is 89.2 cm³/mol. The van der Waals surface area contributed by atoms with Crippen molar-refractivity contribution in [1.82, 2.24) is 5.32 Å². The minimum Gasteiger partial charge on any atom is -0.468 e. The Bertz CT molecular complexity index is 509. The number of ether oxygens (including phenoxy) is 3. The van der Waals surface area contributed by atoms with Crippen LogP contribution in [0.3, 0.4) is 0 Å². The smallest absolute Gasteiger partial charge is 0.323 e. The van der Waals surface area contributed by atoms with E-state index >= 15 is 0 Å². The number of nitrogens with one attached hydrogen (secondary N) is 1. The molecule has 0 amide bonds. The van der Waals surface area contributed by atoms with Crippen molar-refractivity contribution in [3.63, 3.8) is 0 Å². The summed E-state index contributed by atoms with van der Waals surface area (Å²) in [6.45, 7) is 5.28. The molecule has 6 heteroatoms. The van der Waals surface area contributed by atoms with E-state index in [-0.39, 0.29) is 11.8 Å². The topological polar surface area (TPSA) is 77.0 Å². The first kappa shape index (κ1) is 18.9. The van der Waals surface area contributed by atoms with Crippen LogP contribution < -0.4 is 5.32 Å². The molecule has 0 aliphatic carbocycles. The van der Waals surface area contributed by atoms with Gasteiger partial charge in [-0.15, -0.1) is 0 Å². The molecule has 0 saturated carbocycles. The zero-order valence-electron chi connectivity index (χ0n) is 14.5. The SMILES string of the molecule is COC(=O)[C@H](Cc1ccccc1)NC(O)CC1OCC(C)(C)CO1. The molecule has 1 saturated heterocycles. The molecule has 0 bridgehead atoms. The van der Waals surface area contributed by atoms with Crippen LogP contribution >= 0.6 is 0 Å². The molecule has 1 fully saturated rings. The fourth-order valence-electron chi connectivity index (χ4n) is 2.55. The van der Waals surface area contributed by atoms with E-state index in [4.69, 9.17) is 14.2 Å². The Morgan fingerprint density at radius 2 is 1.96 bits per heavy atom. The van der Waals surface area contributed by atoms with Crippen LogP contribution in [0.15, 0.2) is 30.3 Å². The Labute approximate surface area is 143 Å². The van der Waals surface area contributed by atoms with Crippen molar-refractivity contribution in [3.05, 3.63) is 35.9 Å². The van der Waals surface area contributed by atoms with Gasteiger partial charge < -0.3 is 19.3 Å². The van der Waals surface area contributed by atoms with Gasteiger partial charge in [0, 0.05) is 11.8 Å². The largest absolute Gasteiger partial charge is 0.468 e. The van der Waals surface area contributed by atoms with Crippen molar-refractivity contribution in [3.8, 4) is 0 Å². The van der Waals surface area contributed by atoms with E-state index in [0.29, 0.717) is 19.6 Å². The van der Waals surface area contributed by atoms with Gasteiger partial charge >= 0.3 is 5.97 Å². The second kappa shape index (κ2) is 8.58. The second-order valence-electron chi connectivity index (χ2n) is 6.90. The van der Waals surface area contributed by atoms with Gasteiger partial charge in [0.2, 0.25) is 0 Å². The van der Waals surface area contributed by atoms with Crippen LogP contribution in [0.1, 0.15) is 25.8 Å². The number of hydrogen-bond acceptors (Lipinski definition) is 6. The number of hydrogen-bond donors (Lipinski definition) is 2. The highest BCUT2D eigenvalue weighted by Crippen LogP contribution is 2.24. The first-order chi connectivity index (χ1) is 11.4. The van der Waals surface area contributed by atoms with Gasteiger partial charge in [-0.05, 0) is 12.0 Å². The van der Waals surface area contributed by atoms with E-state index < -0.39 is 24.5 Å². The standard InChI is InChI=1S/C18H27NO5/c1-18(2)11-23-16(24-12-18)10-15(20)19-14(17(21)22-3)9-13-7-5-4-6-8-13/h4-8,14-16,19-20H,9-12H2,1-3H3/t14-,15?/m0/s1. The lowest BCUT2D eigenvalue weighted by atomic mass is 9.95. The second-order valence-corrected chi connectivity index (χ2v) is 6.90. The zero-order chi connectivity index (χ0) is 17.6. The lowest BCUT2D eigenvalue weighted by Gasteiger charge is -2.35. The molecule has 0 radical (unpaired) electrons. The maximum absolute atomic E-state index is 12.0. The molecule has 2 rings (SSSR count). The molecule has 24 heavy (non-hydrogen) atoms. The van der Waals surface area contributed by atoms with Crippen molar-refractivity contribution in [2.24, 2.45) is 5.41 Å². The lowest BCUT2D eigenvalue weighted by Crippen LogP contribution is -2.48. The van der Waals surface area contributed by atoms with E-state index in [1.165, 1.54) is 7.11 Å². The van der Waals surface area contributed by atoms with Gasteiger partial charge in [0.1, 0.15) is 12.3 Å². The van der Waals surface area contributed by atoms with E-state index in [1.54, 1.807) is 0 Å². The molecule has 1 aromatic carbocycles. The highest BCUT2D eigenvalue weighted by Gasteiger charge is 2.30. The van der Waals surface area contributed by atoms with Crippen LogP contribution in [0.5, 0.6) is 0 Å². The summed E-state index contributed by atoms with van der Waals surface area (Å²) in [5, 5.41) is 13.2. The van der Waals surface area contributed by atoms with Crippen molar-refractivity contribution < 1.29 is 24.1 Å². The molecule has 1 aliphatic rings. The van der Waals surface area contributed by atoms with Gasteiger partial charge in [-0.3, -0.25) is 10.1 Å². The van der Waals surface area contributed by atoms with Crippen molar-refractivity contribution in [1.29, 1.82) is 0 Å². The van der Waals surface area contributed by atoms with Gasteiger partial charge in [0.25, 0.3) is 0 Å². The van der Waals surface area contributed by atoms with Crippen LogP contribution in [0.2, 0.25) is 0 Å². The summed E-state index contributed by atoms with van der Waals surface area (Å²) in [6.07, 6.45) is -0.720. The lowest BCUT2D eigenvalue weighted by molar-refractivity contribution is -0.232. The Kier molecular flexibility index (Phi) is 6.74. The fourth-order valence-corrected chi connectivity index (χ4v) is 2.55. The molecule has 0 aromatic heterocycles. The number of carbonyl (C=O) groups excluding carboxylic acids is 1. The maximum Gasteiger partial charge on any atom is 0.323 e. The molecule has 1 aliphatic heterocycles. The number of rotatable bonds is 7. The van der Waals surface area contributed by atoms with Crippen molar-refractivity contribution >= 4 is 5.97 Å². The molecular formula is C18H27NO5. The number of aliphatic hydroxyl groups is 1. The van der Waals surface area contributed by atoms with Crippen LogP contribution in [-0.2, 0) is 25.4 Å². The van der Waals surface area contributed by atoms with E-state index in [2.05, 4.69) is 19.2 Å². The Morgan fingerprint density at radius 1 is 1.33 bits per heavy atom. The highest BCUT2D eigenvalue weighted by atomic mass is 16.7. The van der Waals surface area contributed by atoms with E-state index in [9.17, 15) is 9.90 Å². The number of esters is 1. The quantitative estimate of drug-likeness (QED) is 0.580. The van der Waals surface area contributed by atoms with Gasteiger partial charge in [-0.25, -0.2) is 0 Å². The summed E-state index contributed by atoms with van der Waals surface area (Å²) < 4.78 is 16.1. The maximum atomic E-state index is 12.0. The minimum absolute atomic E-state index is 0.0171. The summed E-state index contributed by atoms with van der Waals surface area (Å²) in [4.78, 5) is 12.0. The fraction of sp³-hybridized carbons (Fsp3) is 0.611. The van der Waals surface area contributed by atoms with Gasteiger partial charge in [0.15, 0.2) is 6.29 Å². The van der Waals surface area contributed by atoms with Crippen LogP contribution in [0.4, 0.5) is 0 Å². The normalized spacial score (nSPS) is 20.3. The first-order valence-electron chi connectivity index (χ1n) is 8.19. The molecule has 1 aromatic rings. The third-order valence-corrected chi connectivity index (χ3v) is 3.90. The molecule has 134 valence electrons. The summed E-state index contributed by atoms with van der Waals surface area (Å²) in [5.41, 5.74) is 0.969. The van der Waals surface area contributed by atoms with E-state index in [0.717, 1.165) is 5.56 Å². The summed E-state index contributed by atoms with van der Waals surface area (Å²) in [5.74, 6) is -0.412. The van der Waals surface area contributed by atoms with E-state index in [1.807, 2.05) is 30.3 Å². The predicted octanol–water partition coefficient (Wildman–Crippen LogP) is 1.47. The summed E-state index contributed by atoms with van der Waals surface area (Å²) >= 11 is 0. The summed E-state index contributed by atoms with van der Waals surface area (Å²) in [7, 11) is 1.34. The monoisotopic (exact) mass is 337 g/mol. The average Bonchev–Trinajstić information content (AvgIpc) is 2.56. The van der Waals surface area contributed by atoms with Crippen LogP contribution in [0.25, 0.3) is 0 Å². The molecule has 1 unspecified atom stereocenters. The number of carbonyl (C=O) groups is 1. The van der Waals surface area contributed by atoms with Gasteiger partial charge in [0.05, 0.1) is 20.3 Å². The van der Waals surface area contributed by atoms with Crippen LogP contribution in [-0.4, -0.2) is 50.0 Å². The number of benzene rings is 1. The summed E-state index contributed by atoms with van der Waals surface area (Å²) in [6, 6.07) is 8.96. The van der Waals surface area contributed by atoms with Gasteiger partial charge in [-0.1, -0.05) is 44.2 Å². The van der Waals surface area contributed by atoms with Crippen LogP contribution in [0, 0.1) is 5.41 Å². The van der Waals surface area contributed by atoms with Crippen molar-refractivity contribution in [2.45, 2.75) is 45.2 Å². The molecule has 1 heterocycles. The highest BCUT2D eigenvalue weighted by molar-refractivity contribution is 5.76. The Morgan fingerprint density at radius 3 is 2.54 bits per heavy atom. The zero-order valence-corrected chi connectivity index (χ0v) is 14.5. The Balaban J connectivity index is 1.88. The minimum atomic E-state index is -0.927. The third-order valence-electron chi connectivity index (χ3n) is 3.90. The first-order valence-corrected chi connectivity index (χ1v) is 8.19. The Hall–Kier alpha value is -1.47.